The molecular formula is C19H17ClN2O4S. The molecule has 1 amide bonds. The highest BCUT2D eigenvalue weighted by Crippen LogP contribution is 2.29. The number of aromatic nitrogens is 1. The third-order valence-electron chi connectivity index (χ3n) is 3.78. The Morgan fingerprint density at radius 3 is 2.81 bits per heavy atom. The zero-order valence-electron chi connectivity index (χ0n) is 14.8. The molecule has 0 spiro atoms. The van der Waals surface area contributed by atoms with E-state index in [1.165, 1.54) is 22.5 Å². The average molecular weight is 405 g/mol. The molecule has 3 aromatic rings. The number of hydrogen-bond acceptors (Lipinski definition) is 6. The van der Waals surface area contributed by atoms with E-state index in [1.807, 2.05) is 12.1 Å². The molecule has 1 aromatic carbocycles. The van der Waals surface area contributed by atoms with Crippen molar-refractivity contribution in [2.24, 2.45) is 0 Å². The monoisotopic (exact) mass is 404 g/mol. The lowest BCUT2D eigenvalue weighted by Gasteiger charge is -2.15. The van der Waals surface area contributed by atoms with Crippen LogP contribution in [0, 0.1) is 6.92 Å². The largest absolute Gasteiger partial charge is 0.467 e. The smallest absolute Gasteiger partial charge is 0.350 e. The van der Waals surface area contributed by atoms with Crippen LogP contribution in [0.5, 0.6) is 0 Å². The minimum atomic E-state index is -0.571. The third-order valence-corrected chi connectivity index (χ3v) is 5.20. The number of benzene rings is 1. The fourth-order valence-electron chi connectivity index (χ4n) is 2.36. The molecule has 8 heteroatoms. The predicted molar refractivity (Wildman–Crippen MR) is 103 cm³/mol. The minimum absolute atomic E-state index is 0.307. The zero-order valence-corrected chi connectivity index (χ0v) is 16.3. The van der Waals surface area contributed by atoms with Crippen molar-refractivity contribution in [2.75, 3.05) is 13.7 Å². The molecule has 27 heavy (non-hydrogen) atoms. The van der Waals surface area contributed by atoms with Crippen molar-refractivity contribution in [3.8, 4) is 10.6 Å². The van der Waals surface area contributed by atoms with Crippen LogP contribution in [0.3, 0.4) is 0 Å². The van der Waals surface area contributed by atoms with Crippen molar-refractivity contribution in [1.29, 1.82) is 0 Å². The molecule has 0 bridgehead atoms. The highest BCUT2D eigenvalue weighted by atomic mass is 35.5. The van der Waals surface area contributed by atoms with Crippen molar-refractivity contribution in [2.45, 2.75) is 13.5 Å². The van der Waals surface area contributed by atoms with Gasteiger partial charge in [-0.25, -0.2) is 9.78 Å². The lowest BCUT2D eigenvalue weighted by Crippen LogP contribution is -2.30. The Labute approximate surface area is 165 Å². The van der Waals surface area contributed by atoms with Gasteiger partial charge in [0.15, 0.2) is 6.61 Å². The van der Waals surface area contributed by atoms with Crippen LogP contribution >= 0.6 is 22.9 Å². The second kappa shape index (κ2) is 8.37. The van der Waals surface area contributed by atoms with Gasteiger partial charge in [0, 0.05) is 17.6 Å². The Hall–Kier alpha value is -2.64. The van der Waals surface area contributed by atoms with Gasteiger partial charge in [0.1, 0.15) is 15.6 Å². The summed E-state index contributed by atoms with van der Waals surface area (Å²) in [4.78, 5) is 30.7. The number of likely N-dealkylation sites (N-methyl/N-ethyl adjacent to an activating group) is 1. The van der Waals surface area contributed by atoms with Gasteiger partial charge in [0.05, 0.1) is 18.5 Å². The first-order valence-corrected chi connectivity index (χ1v) is 9.30. The highest BCUT2D eigenvalue weighted by Gasteiger charge is 2.20. The number of thiazole rings is 1. The number of halogens is 1. The van der Waals surface area contributed by atoms with Crippen LogP contribution in [-0.2, 0) is 16.1 Å². The molecule has 6 nitrogen and oxygen atoms in total. The molecule has 2 heterocycles. The normalized spacial score (nSPS) is 10.6. The second-order valence-electron chi connectivity index (χ2n) is 5.85. The van der Waals surface area contributed by atoms with Crippen molar-refractivity contribution in [1.82, 2.24) is 9.88 Å². The Balaban J connectivity index is 1.62. The number of carbonyl (C=O) groups excluding carboxylic acids is 2. The summed E-state index contributed by atoms with van der Waals surface area (Å²) in [7, 11) is 1.62. The molecular weight excluding hydrogens is 388 g/mol. The molecule has 0 atom stereocenters. The number of aryl methyl sites for hydroxylation is 1. The molecule has 3 rings (SSSR count). The fourth-order valence-corrected chi connectivity index (χ4v) is 3.50. The van der Waals surface area contributed by atoms with Gasteiger partial charge in [0.2, 0.25) is 0 Å². The molecule has 0 N–H and O–H groups in total. The standard InChI is InChI=1S/C19H17ClN2O4S/c1-12-17(27-18(21-12)13-5-3-6-14(20)9-13)19(24)26-11-16(23)22(2)10-15-7-4-8-25-15/h3-9H,10-11H2,1-2H3. The van der Waals surface area contributed by atoms with E-state index in [-0.39, 0.29) is 12.5 Å². The summed E-state index contributed by atoms with van der Waals surface area (Å²) in [5.41, 5.74) is 1.38. The van der Waals surface area contributed by atoms with Crippen LogP contribution in [0.25, 0.3) is 10.6 Å². The molecule has 0 aliphatic heterocycles. The number of rotatable bonds is 6. The number of nitrogens with zero attached hydrogens (tertiary/aromatic N) is 2. The van der Waals surface area contributed by atoms with Crippen LogP contribution in [0.1, 0.15) is 21.1 Å². The van der Waals surface area contributed by atoms with Crippen molar-refractivity contribution in [3.05, 3.63) is 64.0 Å². The second-order valence-corrected chi connectivity index (χ2v) is 7.28. The first-order chi connectivity index (χ1) is 12.9. The Morgan fingerprint density at radius 2 is 2.11 bits per heavy atom. The van der Waals surface area contributed by atoms with Crippen LogP contribution in [0.2, 0.25) is 5.02 Å². The third kappa shape index (κ3) is 4.75. The molecule has 0 saturated carbocycles. The number of carbonyl (C=O) groups is 2. The zero-order chi connectivity index (χ0) is 19.4. The first-order valence-electron chi connectivity index (χ1n) is 8.11. The SMILES string of the molecule is Cc1nc(-c2cccc(Cl)c2)sc1C(=O)OCC(=O)N(C)Cc1ccco1. The van der Waals surface area contributed by atoms with Crippen molar-refractivity contribution < 1.29 is 18.7 Å². The Morgan fingerprint density at radius 1 is 1.30 bits per heavy atom. The van der Waals surface area contributed by atoms with E-state index >= 15 is 0 Å². The lowest BCUT2D eigenvalue weighted by atomic mass is 10.2. The van der Waals surface area contributed by atoms with Crippen LogP contribution in [0.4, 0.5) is 0 Å². The summed E-state index contributed by atoms with van der Waals surface area (Å²) in [6.07, 6.45) is 1.54. The maximum absolute atomic E-state index is 12.4. The number of ether oxygens (including phenoxy) is 1. The number of esters is 1. The first kappa shape index (κ1) is 19.1. The summed E-state index contributed by atoms with van der Waals surface area (Å²) in [6, 6.07) is 10.8. The predicted octanol–water partition coefficient (Wildman–Crippen LogP) is 4.18. The van der Waals surface area contributed by atoms with E-state index in [2.05, 4.69) is 4.98 Å². The van der Waals surface area contributed by atoms with E-state index < -0.39 is 5.97 Å². The number of furan rings is 1. The highest BCUT2D eigenvalue weighted by molar-refractivity contribution is 7.17. The van der Waals surface area contributed by atoms with E-state index in [4.69, 9.17) is 20.8 Å². The topological polar surface area (TPSA) is 72.6 Å². The summed E-state index contributed by atoms with van der Waals surface area (Å²) in [5.74, 6) is -0.239. The molecule has 0 radical (unpaired) electrons. The maximum Gasteiger partial charge on any atom is 0.350 e. The van der Waals surface area contributed by atoms with E-state index in [0.29, 0.717) is 32.9 Å². The Bertz CT molecular complexity index is 953. The molecule has 0 saturated heterocycles. The summed E-state index contributed by atoms with van der Waals surface area (Å²) >= 11 is 7.21. The van der Waals surface area contributed by atoms with Gasteiger partial charge in [0.25, 0.3) is 5.91 Å². The molecule has 0 aliphatic rings. The number of amides is 1. The number of hydrogen-bond donors (Lipinski definition) is 0. The van der Waals surface area contributed by atoms with Gasteiger partial charge in [-0.05, 0) is 31.2 Å². The average Bonchev–Trinajstić information content (AvgIpc) is 3.29. The fraction of sp³-hybridized carbons (Fsp3) is 0.211. The summed E-state index contributed by atoms with van der Waals surface area (Å²) in [5, 5.41) is 1.26. The molecule has 0 unspecified atom stereocenters. The van der Waals surface area contributed by atoms with Gasteiger partial charge in [-0.1, -0.05) is 23.7 Å². The quantitative estimate of drug-likeness (QED) is 0.576. The van der Waals surface area contributed by atoms with Gasteiger partial charge in [-0.15, -0.1) is 11.3 Å². The molecule has 0 aliphatic carbocycles. The molecule has 2 aromatic heterocycles. The summed E-state index contributed by atoms with van der Waals surface area (Å²) in [6.45, 7) is 1.69. The maximum atomic E-state index is 12.4. The molecule has 0 fully saturated rings. The van der Waals surface area contributed by atoms with E-state index in [9.17, 15) is 9.59 Å². The van der Waals surface area contributed by atoms with Crippen LogP contribution in [-0.4, -0.2) is 35.4 Å². The summed E-state index contributed by atoms with van der Waals surface area (Å²) < 4.78 is 10.4. The van der Waals surface area contributed by atoms with Gasteiger partial charge in [-0.3, -0.25) is 4.79 Å². The van der Waals surface area contributed by atoms with Gasteiger partial charge >= 0.3 is 5.97 Å². The Kier molecular flexibility index (Phi) is 5.93. The van der Waals surface area contributed by atoms with Crippen LogP contribution in [0.15, 0.2) is 47.1 Å². The minimum Gasteiger partial charge on any atom is -0.467 e. The van der Waals surface area contributed by atoms with Gasteiger partial charge in [-0.2, -0.15) is 0 Å². The van der Waals surface area contributed by atoms with Crippen LogP contribution < -0.4 is 0 Å². The van der Waals surface area contributed by atoms with Crippen molar-refractivity contribution >= 4 is 34.8 Å². The van der Waals surface area contributed by atoms with E-state index in [1.54, 1.807) is 38.2 Å². The van der Waals surface area contributed by atoms with E-state index in [0.717, 1.165) is 5.56 Å². The molecule has 140 valence electrons. The van der Waals surface area contributed by atoms with Gasteiger partial charge < -0.3 is 14.1 Å². The lowest BCUT2D eigenvalue weighted by molar-refractivity contribution is -0.133. The van der Waals surface area contributed by atoms with Crippen molar-refractivity contribution in [3.63, 3.8) is 0 Å².